The molecule has 0 fully saturated rings. The third-order valence-corrected chi connectivity index (χ3v) is 4.35. The van der Waals surface area contributed by atoms with Gasteiger partial charge in [0.25, 0.3) is 11.8 Å². The van der Waals surface area contributed by atoms with E-state index in [2.05, 4.69) is 10.6 Å². The third-order valence-electron chi connectivity index (χ3n) is 4.35. The molecule has 0 spiro atoms. The molecule has 3 aromatic carbocycles. The molecule has 0 unspecified atom stereocenters. The summed E-state index contributed by atoms with van der Waals surface area (Å²) in [7, 11) is 0. The van der Waals surface area contributed by atoms with Crippen molar-refractivity contribution in [3.05, 3.63) is 101 Å². The van der Waals surface area contributed by atoms with Crippen molar-refractivity contribution in [1.82, 2.24) is 5.32 Å². The lowest BCUT2D eigenvalue weighted by Gasteiger charge is -2.13. The lowest BCUT2D eigenvalue weighted by molar-refractivity contribution is 0.0952. The molecule has 2 N–H and O–H groups in total. The van der Waals surface area contributed by atoms with Crippen molar-refractivity contribution >= 4 is 17.5 Å². The van der Waals surface area contributed by atoms with Crippen molar-refractivity contribution in [1.29, 1.82) is 0 Å². The van der Waals surface area contributed by atoms with E-state index in [1.807, 2.05) is 62.4 Å². The van der Waals surface area contributed by atoms with Crippen LogP contribution < -0.4 is 10.6 Å². The molecule has 3 aromatic rings. The van der Waals surface area contributed by atoms with E-state index in [9.17, 15) is 9.59 Å². The van der Waals surface area contributed by atoms with Crippen molar-refractivity contribution < 1.29 is 9.59 Å². The molecular formula is C23H22N2O2. The van der Waals surface area contributed by atoms with Crippen molar-refractivity contribution in [2.45, 2.75) is 20.4 Å². The summed E-state index contributed by atoms with van der Waals surface area (Å²) >= 11 is 0. The van der Waals surface area contributed by atoms with Crippen molar-refractivity contribution in [3.8, 4) is 0 Å². The third kappa shape index (κ3) is 4.61. The highest BCUT2D eigenvalue weighted by Crippen LogP contribution is 2.18. The summed E-state index contributed by atoms with van der Waals surface area (Å²) in [6, 6.07) is 22.5. The molecule has 0 aliphatic heterocycles. The van der Waals surface area contributed by atoms with Crippen LogP contribution in [-0.4, -0.2) is 11.8 Å². The summed E-state index contributed by atoms with van der Waals surface area (Å²) in [4.78, 5) is 25.3. The standard InChI is InChI=1S/C23H22N2O2/c1-16-12-13-17(2)20(14-16)23(27)25-21-11-7-6-10-19(21)22(26)24-15-18-8-4-3-5-9-18/h3-14H,15H2,1-2H3,(H,24,26)(H,25,27). The van der Waals surface area contributed by atoms with Crippen LogP contribution >= 0.6 is 0 Å². The molecule has 3 rings (SSSR count). The van der Waals surface area contributed by atoms with Gasteiger partial charge in [-0.2, -0.15) is 0 Å². The minimum Gasteiger partial charge on any atom is -0.348 e. The molecule has 0 aliphatic rings. The molecule has 0 saturated heterocycles. The maximum absolute atomic E-state index is 12.7. The number of anilines is 1. The number of rotatable bonds is 5. The molecule has 27 heavy (non-hydrogen) atoms. The number of hydrogen-bond donors (Lipinski definition) is 2. The molecule has 4 nitrogen and oxygen atoms in total. The number of amides is 2. The normalized spacial score (nSPS) is 10.3. The Morgan fingerprint density at radius 1 is 0.778 bits per heavy atom. The van der Waals surface area contributed by atoms with Crippen LogP contribution in [-0.2, 0) is 6.54 Å². The molecule has 136 valence electrons. The Hall–Kier alpha value is -3.40. The van der Waals surface area contributed by atoms with E-state index in [0.29, 0.717) is 23.4 Å². The van der Waals surface area contributed by atoms with Gasteiger partial charge in [0.05, 0.1) is 11.3 Å². The van der Waals surface area contributed by atoms with Crippen LogP contribution in [0.4, 0.5) is 5.69 Å². The quantitative estimate of drug-likeness (QED) is 0.706. The minimum atomic E-state index is -0.226. The van der Waals surface area contributed by atoms with Gasteiger partial charge in [-0.3, -0.25) is 9.59 Å². The highest BCUT2D eigenvalue weighted by atomic mass is 16.2. The van der Waals surface area contributed by atoms with Gasteiger partial charge in [0.1, 0.15) is 0 Å². The summed E-state index contributed by atoms with van der Waals surface area (Å²) < 4.78 is 0. The van der Waals surface area contributed by atoms with Crippen LogP contribution in [0.1, 0.15) is 37.4 Å². The molecule has 0 aromatic heterocycles. The zero-order valence-electron chi connectivity index (χ0n) is 15.5. The van der Waals surface area contributed by atoms with Crippen LogP contribution in [0.3, 0.4) is 0 Å². The number of carbonyl (C=O) groups excluding carboxylic acids is 2. The van der Waals surface area contributed by atoms with Gasteiger partial charge < -0.3 is 10.6 Å². The first-order valence-corrected chi connectivity index (χ1v) is 8.84. The first-order valence-electron chi connectivity index (χ1n) is 8.84. The van der Waals surface area contributed by atoms with Crippen molar-refractivity contribution in [2.24, 2.45) is 0 Å². The second kappa shape index (κ2) is 8.32. The molecule has 0 saturated carbocycles. The van der Waals surface area contributed by atoms with Crippen LogP contribution in [0, 0.1) is 13.8 Å². The zero-order chi connectivity index (χ0) is 19.2. The number of aryl methyl sites for hydroxylation is 2. The Balaban J connectivity index is 1.76. The lowest BCUT2D eigenvalue weighted by atomic mass is 10.0. The van der Waals surface area contributed by atoms with Gasteiger partial charge in [-0.15, -0.1) is 0 Å². The van der Waals surface area contributed by atoms with E-state index in [4.69, 9.17) is 0 Å². The Kier molecular flexibility index (Phi) is 5.67. The largest absolute Gasteiger partial charge is 0.348 e. The molecule has 0 radical (unpaired) electrons. The first kappa shape index (κ1) is 18.4. The number of carbonyl (C=O) groups is 2. The maximum Gasteiger partial charge on any atom is 0.255 e. The second-order valence-corrected chi connectivity index (χ2v) is 6.49. The zero-order valence-corrected chi connectivity index (χ0v) is 15.5. The number of hydrogen-bond acceptors (Lipinski definition) is 2. The SMILES string of the molecule is Cc1ccc(C)c(C(=O)Nc2ccccc2C(=O)NCc2ccccc2)c1. The smallest absolute Gasteiger partial charge is 0.255 e. The van der Waals surface area contributed by atoms with Gasteiger partial charge in [-0.25, -0.2) is 0 Å². The van der Waals surface area contributed by atoms with Crippen LogP contribution in [0.15, 0.2) is 72.8 Å². The van der Waals surface area contributed by atoms with E-state index in [1.54, 1.807) is 24.3 Å². The second-order valence-electron chi connectivity index (χ2n) is 6.49. The number of para-hydroxylation sites is 1. The molecule has 0 bridgehead atoms. The molecule has 2 amide bonds. The first-order chi connectivity index (χ1) is 13.0. The van der Waals surface area contributed by atoms with Crippen molar-refractivity contribution in [3.63, 3.8) is 0 Å². The Morgan fingerprint density at radius 2 is 1.48 bits per heavy atom. The van der Waals surface area contributed by atoms with E-state index in [-0.39, 0.29) is 11.8 Å². The Labute approximate surface area is 159 Å². The summed E-state index contributed by atoms with van der Waals surface area (Å²) in [5.74, 6) is -0.449. The predicted molar refractivity (Wildman–Crippen MR) is 108 cm³/mol. The maximum atomic E-state index is 12.7. The average Bonchev–Trinajstić information content (AvgIpc) is 2.69. The highest BCUT2D eigenvalue weighted by Gasteiger charge is 2.15. The monoisotopic (exact) mass is 358 g/mol. The minimum absolute atomic E-state index is 0.223. The van der Waals surface area contributed by atoms with E-state index in [1.165, 1.54) is 0 Å². The average molecular weight is 358 g/mol. The summed E-state index contributed by atoms with van der Waals surface area (Å²) in [5, 5.41) is 5.77. The Morgan fingerprint density at radius 3 is 2.26 bits per heavy atom. The highest BCUT2D eigenvalue weighted by molar-refractivity contribution is 6.09. The Bertz CT molecular complexity index is 965. The van der Waals surface area contributed by atoms with Crippen LogP contribution in [0.5, 0.6) is 0 Å². The lowest BCUT2D eigenvalue weighted by Crippen LogP contribution is -2.25. The number of benzene rings is 3. The summed E-state index contributed by atoms with van der Waals surface area (Å²) in [5.41, 5.74) is 4.46. The molecular weight excluding hydrogens is 336 g/mol. The van der Waals surface area contributed by atoms with Gasteiger partial charge in [0.2, 0.25) is 0 Å². The molecule has 0 heterocycles. The van der Waals surface area contributed by atoms with Crippen molar-refractivity contribution in [2.75, 3.05) is 5.32 Å². The van der Waals surface area contributed by atoms with Gasteiger partial charge in [0.15, 0.2) is 0 Å². The van der Waals surface area contributed by atoms with Crippen LogP contribution in [0.2, 0.25) is 0 Å². The van der Waals surface area contributed by atoms with E-state index >= 15 is 0 Å². The topological polar surface area (TPSA) is 58.2 Å². The summed E-state index contributed by atoms with van der Waals surface area (Å²) in [6.07, 6.45) is 0. The molecule has 4 heteroatoms. The van der Waals surface area contributed by atoms with Crippen LogP contribution in [0.25, 0.3) is 0 Å². The van der Waals surface area contributed by atoms with E-state index < -0.39 is 0 Å². The van der Waals surface area contributed by atoms with Gasteiger partial charge in [-0.05, 0) is 43.2 Å². The fourth-order valence-electron chi connectivity index (χ4n) is 2.83. The van der Waals surface area contributed by atoms with E-state index in [0.717, 1.165) is 16.7 Å². The fraction of sp³-hybridized carbons (Fsp3) is 0.130. The fourth-order valence-corrected chi connectivity index (χ4v) is 2.83. The number of nitrogens with one attached hydrogen (secondary N) is 2. The van der Waals surface area contributed by atoms with Gasteiger partial charge in [0, 0.05) is 12.1 Å². The summed E-state index contributed by atoms with van der Waals surface area (Å²) in [6.45, 7) is 4.27. The molecule has 0 aliphatic carbocycles. The molecule has 0 atom stereocenters. The van der Waals surface area contributed by atoms with Gasteiger partial charge in [-0.1, -0.05) is 60.2 Å². The predicted octanol–water partition coefficient (Wildman–Crippen LogP) is 4.49. The van der Waals surface area contributed by atoms with Gasteiger partial charge >= 0.3 is 0 Å².